The lowest BCUT2D eigenvalue weighted by Crippen LogP contribution is -2.23. The van der Waals surface area contributed by atoms with Crippen molar-refractivity contribution >= 4 is 33.2 Å². The molecule has 0 fully saturated rings. The molecule has 0 aliphatic carbocycles. The number of thiophene rings is 1. The Bertz CT molecular complexity index is 582. The van der Waals surface area contributed by atoms with Gasteiger partial charge in [0.05, 0.1) is 4.88 Å². The number of hydrogen-bond acceptors (Lipinski definition) is 2. The number of halogens is 2. The summed E-state index contributed by atoms with van der Waals surface area (Å²) in [6.07, 6.45) is 0. The van der Waals surface area contributed by atoms with Gasteiger partial charge in [-0.25, -0.2) is 4.39 Å². The fraction of sp³-hybridized carbons (Fsp3) is 0.154. The minimum Gasteiger partial charge on any atom is -0.347 e. The van der Waals surface area contributed by atoms with E-state index in [2.05, 4.69) is 21.2 Å². The molecule has 18 heavy (non-hydrogen) atoms. The smallest absolute Gasteiger partial charge is 0.261 e. The van der Waals surface area contributed by atoms with Crippen molar-refractivity contribution in [2.24, 2.45) is 0 Å². The van der Waals surface area contributed by atoms with Crippen LogP contribution in [0.2, 0.25) is 0 Å². The zero-order valence-electron chi connectivity index (χ0n) is 9.67. The summed E-state index contributed by atoms with van der Waals surface area (Å²) in [6.45, 7) is 2.07. The Morgan fingerprint density at radius 1 is 1.44 bits per heavy atom. The Labute approximate surface area is 117 Å². The maximum absolute atomic E-state index is 13.5. The maximum Gasteiger partial charge on any atom is 0.261 e. The lowest BCUT2D eigenvalue weighted by molar-refractivity contribution is 0.0954. The molecule has 1 amide bonds. The van der Waals surface area contributed by atoms with Gasteiger partial charge in [-0.3, -0.25) is 4.79 Å². The average Bonchev–Trinajstić information content (AvgIpc) is 2.74. The lowest BCUT2D eigenvalue weighted by atomic mass is 10.2. The van der Waals surface area contributed by atoms with Crippen molar-refractivity contribution in [2.75, 3.05) is 0 Å². The third kappa shape index (κ3) is 2.97. The lowest BCUT2D eigenvalue weighted by Gasteiger charge is -2.06. The van der Waals surface area contributed by atoms with Crippen LogP contribution in [0.3, 0.4) is 0 Å². The number of amides is 1. The average molecular weight is 328 g/mol. The summed E-state index contributed by atoms with van der Waals surface area (Å²) < 4.78 is 14.2. The van der Waals surface area contributed by atoms with Crippen LogP contribution in [-0.2, 0) is 6.54 Å². The second kappa shape index (κ2) is 5.63. The van der Waals surface area contributed by atoms with Crippen LogP contribution >= 0.6 is 27.3 Å². The van der Waals surface area contributed by atoms with Crippen molar-refractivity contribution in [3.8, 4) is 0 Å². The number of carbonyl (C=O) groups is 1. The zero-order valence-corrected chi connectivity index (χ0v) is 12.1. The number of benzene rings is 1. The monoisotopic (exact) mass is 327 g/mol. The van der Waals surface area contributed by atoms with Crippen LogP contribution in [0, 0.1) is 12.7 Å². The maximum atomic E-state index is 13.5. The van der Waals surface area contributed by atoms with E-state index in [9.17, 15) is 9.18 Å². The number of rotatable bonds is 3. The first kappa shape index (κ1) is 13.2. The molecule has 0 saturated heterocycles. The van der Waals surface area contributed by atoms with Gasteiger partial charge in [0.15, 0.2) is 0 Å². The molecule has 0 atom stereocenters. The van der Waals surface area contributed by atoms with Crippen molar-refractivity contribution in [2.45, 2.75) is 13.5 Å². The molecule has 0 aliphatic heterocycles. The SMILES string of the molecule is Cc1ccsc1C(=O)NCc1ccc(Br)cc1F. The fourth-order valence-corrected chi connectivity index (χ4v) is 2.70. The van der Waals surface area contributed by atoms with Gasteiger partial charge in [0.1, 0.15) is 5.82 Å². The molecule has 2 aromatic rings. The molecule has 1 heterocycles. The van der Waals surface area contributed by atoms with E-state index >= 15 is 0 Å². The minimum absolute atomic E-state index is 0.162. The highest BCUT2D eigenvalue weighted by molar-refractivity contribution is 9.10. The highest BCUT2D eigenvalue weighted by Gasteiger charge is 2.11. The highest BCUT2D eigenvalue weighted by atomic mass is 79.9. The molecule has 2 rings (SSSR count). The Hall–Kier alpha value is -1.20. The van der Waals surface area contributed by atoms with Crippen molar-refractivity contribution in [1.82, 2.24) is 5.32 Å². The van der Waals surface area contributed by atoms with Crippen molar-refractivity contribution in [3.63, 3.8) is 0 Å². The van der Waals surface area contributed by atoms with Gasteiger partial charge in [0.2, 0.25) is 0 Å². The second-order valence-electron chi connectivity index (χ2n) is 3.85. The second-order valence-corrected chi connectivity index (χ2v) is 5.68. The molecule has 5 heteroatoms. The van der Waals surface area contributed by atoms with E-state index in [-0.39, 0.29) is 18.3 Å². The van der Waals surface area contributed by atoms with E-state index in [0.717, 1.165) is 5.56 Å². The van der Waals surface area contributed by atoms with Crippen molar-refractivity contribution in [3.05, 3.63) is 55.9 Å². The normalized spacial score (nSPS) is 10.4. The van der Waals surface area contributed by atoms with Gasteiger partial charge in [-0.05, 0) is 36.1 Å². The molecule has 1 aromatic carbocycles. The van der Waals surface area contributed by atoms with Crippen LogP contribution in [0.15, 0.2) is 34.1 Å². The standard InChI is InChI=1S/C13H11BrFNOS/c1-8-4-5-18-12(8)13(17)16-7-9-2-3-10(14)6-11(9)15/h2-6H,7H2,1H3,(H,16,17). The van der Waals surface area contributed by atoms with Crippen LogP contribution in [0.1, 0.15) is 20.8 Å². The number of hydrogen-bond donors (Lipinski definition) is 1. The largest absolute Gasteiger partial charge is 0.347 e. The van der Waals surface area contributed by atoms with Crippen molar-refractivity contribution < 1.29 is 9.18 Å². The third-order valence-electron chi connectivity index (χ3n) is 2.52. The predicted molar refractivity (Wildman–Crippen MR) is 74.3 cm³/mol. The molecule has 1 N–H and O–H groups in total. The van der Waals surface area contributed by atoms with Gasteiger partial charge >= 0.3 is 0 Å². The molecular formula is C13H11BrFNOS. The van der Waals surface area contributed by atoms with Gasteiger partial charge in [-0.15, -0.1) is 11.3 Å². The van der Waals surface area contributed by atoms with E-state index < -0.39 is 0 Å². The first-order valence-electron chi connectivity index (χ1n) is 5.34. The van der Waals surface area contributed by atoms with Crippen LogP contribution < -0.4 is 5.32 Å². The van der Waals surface area contributed by atoms with Gasteiger partial charge in [0, 0.05) is 16.6 Å². The Kier molecular flexibility index (Phi) is 4.14. The zero-order chi connectivity index (χ0) is 13.1. The number of aryl methyl sites for hydroxylation is 1. The van der Waals surface area contributed by atoms with Crippen LogP contribution in [0.25, 0.3) is 0 Å². The molecule has 0 saturated carbocycles. The molecule has 0 unspecified atom stereocenters. The van der Waals surface area contributed by atoms with Crippen LogP contribution in [0.4, 0.5) is 4.39 Å². The molecule has 2 nitrogen and oxygen atoms in total. The third-order valence-corrected chi connectivity index (χ3v) is 4.03. The Morgan fingerprint density at radius 3 is 2.83 bits per heavy atom. The summed E-state index contributed by atoms with van der Waals surface area (Å²) in [5.41, 5.74) is 1.41. The van der Waals surface area contributed by atoms with E-state index in [0.29, 0.717) is 14.9 Å². The Morgan fingerprint density at radius 2 is 2.22 bits per heavy atom. The molecule has 0 bridgehead atoms. The molecule has 94 valence electrons. The summed E-state index contributed by atoms with van der Waals surface area (Å²) in [5.74, 6) is -0.489. The molecule has 0 aliphatic rings. The first-order chi connectivity index (χ1) is 8.58. The summed E-state index contributed by atoms with van der Waals surface area (Å²) in [4.78, 5) is 12.5. The molecular weight excluding hydrogens is 317 g/mol. The minimum atomic E-state index is -0.326. The topological polar surface area (TPSA) is 29.1 Å². The molecule has 1 aromatic heterocycles. The van der Waals surface area contributed by atoms with Gasteiger partial charge < -0.3 is 5.32 Å². The Balaban J connectivity index is 2.04. The number of nitrogens with one attached hydrogen (secondary N) is 1. The summed E-state index contributed by atoms with van der Waals surface area (Å²) in [7, 11) is 0. The predicted octanol–water partition coefficient (Wildman–Crippen LogP) is 3.89. The molecule has 0 radical (unpaired) electrons. The van der Waals surface area contributed by atoms with Gasteiger partial charge in [0.25, 0.3) is 5.91 Å². The van der Waals surface area contributed by atoms with E-state index in [4.69, 9.17) is 0 Å². The first-order valence-corrected chi connectivity index (χ1v) is 7.01. The summed E-state index contributed by atoms with van der Waals surface area (Å²) in [5, 5.41) is 4.58. The summed E-state index contributed by atoms with van der Waals surface area (Å²) >= 11 is 4.58. The van der Waals surface area contributed by atoms with Gasteiger partial charge in [-0.2, -0.15) is 0 Å². The quantitative estimate of drug-likeness (QED) is 0.910. The van der Waals surface area contributed by atoms with Crippen molar-refractivity contribution in [1.29, 1.82) is 0 Å². The van der Waals surface area contributed by atoms with Crippen LogP contribution in [-0.4, -0.2) is 5.91 Å². The van der Waals surface area contributed by atoms with E-state index in [1.807, 2.05) is 18.4 Å². The molecule has 0 spiro atoms. The van der Waals surface area contributed by atoms with E-state index in [1.165, 1.54) is 17.4 Å². The van der Waals surface area contributed by atoms with E-state index in [1.54, 1.807) is 12.1 Å². The summed E-state index contributed by atoms with van der Waals surface area (Å²) in [6, 6.07) is 6.68. The number of carbonyl (C=O) groups excluding carboxylic acids is 1. The van der Waals surface area contributed by atoms with Gasteiger partial charge in [-0.1, -0.05) is 22.0 Å². The van der Waals surface area contributed by atoms with Crippen LogP contribution in [0.5, 0.6) is 0 Å². The highest BCUT2D eigenvalue weighted by Crippen LogP contribution is 2.17. The fourth-order valence-electron chi connectivity index (χ4n) is 1.53.